The topological polar surface area (TPSA) is 55.1 Å². The predicted molar refractivity (Wildman–Crippen MR) is 89.4 cm³/mol. The van der Waals surface area contributed by atoms with Gasteiger partial charge in [-0.25, -0.2) is 4.39 Å². The number of nitrogens with one attached hydrogen (secondary N) is 1. The number of halogens is 2. The van der Waals surface area contributed by atoms with E-state index in [0.717, 1.165) is 3.57 Å². The van der Waals surface area contributed by atoms with E-state index in [9.17, 15) is 9.18 Å². The minimum absolute atomic E-state index is 0.0433. The van der Waals surface area contributed by atoms with E-state index in [4.69, 9.17) is 18.0 Å². The Kier molecular flexibility index (Phi) is 4.66. The van der Waals surface area contributed by atoms with Gasteiger partial charge in [-0.2, -0.15) is 0 Å². The van der Waals surface area contributed by atoms with Gasteiger partial charge in [0.2, 0.25) is 0 Å². The molecule has 6 heteroatoms. The highest BCUT2D eigenvalue weighted by atomic mass is 127. The third-order valence-electron chi connectivity index (χ3n) is 2.63. The van der Waals surface area contributed by atoms with Crippen molar-refractivity contribution in [2.75, 3.05) is 5.32 Å². The van der Waals surface area contributed by atoms with E-state index in [2.05, 4.69) is 27.9 Å². The summed E-state index contributed by atoms with van der Waals surface area (Å²) in [7, 11) is 0. The van der Waals surface area contributed by atoms with Gasteiger partial charge < -0.3 is 11.1 Å². The summed E-state index contributed by atoms with van der Waals surface area (Å²) in [5, 5.41) is 2.64. The van der Waals surface area contributed by atoms with Gasteiger partial charge in [-0.1, -0.05) is 30.4 Å². The van der Waals surface area contributed by atoms with Crippen LogP contribution in [-0.4, -0.2) is 10.9 Å². The van der Waals surface area contributed by atoms with Crippen LogP contribution in [0.2, 0.25) is 0 Å². The first-order chi connectivity index (χ1) is 9.50. The molecule has 20 heavy (non-hydrogen) atoms. The first-order valence-electron chi connectivity index (χ1n) is 5.65. The molecule has 3 nitrogen and oxygen atoms in total. The smallest absolute Gasteiger partial charge is 0.256 e. The Labute approximate surface area is 134 Å². The molecular formula is C14H10FIN2OS. The zero-order valence-corrected chi connectivity index (χ0v) is 13.2. The molecule has 0 aliphatic heterocycles. The Hall–Kier alpha value is -1.54. The number of benzene rings is 2. The maximum atomic E-state index is 13.7. The van der Waals surface area contributed by atoms with Crippen LogP contribution in [0, 0.1) is 9.39 Å². The molecule has 2 aromatic rings. The van der Waals surface area contributed by atoms with Crippen LogP contribution in [0.15, 0.2) is 42.5 Å². The molecule has 0 radical (unpaired) electrons. The molecule has 0 fully saturated rings. The van der Waals surface area contributed by atoms with Gasteiger partial charge in [0, 0.05) is 3.57 Å². The van der Waals surface area contributed by atoms with Crippen molar-refractivity contribution in [2.45, 2.75) is 0 Å². The highest BCUT2D eigenvalue weighted by Gasteiger charge is 2.15. The standard InChI is InChI=1S/C14H10FIN2OS/c15-9-5-3-7-11(12(9)13(17)20)18-14(19)8-4-1-2-6-10(8)16/h1-7H,(H2,17,20)(H,18,19). The average molecular weight is 400 g/mol. The number of rotatable bonds is 3. The van der Waals surface area contributed by atoms with E-state index in [-0.39, 0.29) is 22.1 Å². The molecule has 0 spiro atoms. The third-order valence-corrected chi connectivity index (χ3v) is 3.77. The summed E-state index contributed by atoms with van der Waals surface area (Å²) in [5.41, 5.74) is 6.31. The quantitative estimate of drug-likeness (QED) is 0.614. The van der Waals surface area contributed by atoms with Gasteiger partial charge in [-0.05, 0) is 46.9 Å². The monoisotopic (exact) mass is 400 g/mol. The molecule has 0 atom stereocenters. The van der Waals surface area contributed by atoms with Crippen molar-refractivity contribution in [2.24, 2.45) is 5.73 Å². The fourth-order valence-corrected chi connectivity index (χ4v) is 2.55. The first kappa shape index (κ1) is 14.9. The lowest BCUT2D eigenvalue weighted by atomic mass is 10.1. The Balaban J connectivity index is 2.36. The van der Waals surface area contributed by atoms with Crippen LogP contribution in [0.3, 0.4) is 0 Å². The normalized spacial score (nSPS) is 10.1. The van der Waals surface area contributed by atoms with Gasteiger partial charge in [0.15, 0.2) is 0 Å². The second-order valence-corrected chi connectivity index (χ2v) is 5.56. The molecule has 0 aliphatic carbocycles. The lowest BCUT2D eigenvalue weighted by Gasteiger charge is -2.11. The van der Waals surface area contributed by atoms with Crippen LogP contribution in [0.4, 0.5) is 10.1 Å². The number of amides is 1. The van der Waals surface area contributed by atoms with Crippen molar-refractivity contribution in [3.05, 3.63) is 63.0 Å². The number of carbonyl (C=O) groups excluding carboxylic acids is 1. The lowest BCUT2D eigenvalue weighted by Crippen LogP contribution is -2.19. The van der Waals surface area contributed by atoms with Crippen molar-refractivity contribution in [3.8, 4) is 0 Å². The van der Waals surface area contributed by atoms with E-state index in [0.29, 0.717) is 5.56 Å². The number of nitrogens with two attached hydrogens (primary N) is 1. The maximum Gasteiger partial charge on any atom is 0.256 e. The fraction of sp³-hybridized carbons (Fsp3) is 0. The van der Waals surface area contributed by atoms with Crippen molar-refractivity contribution >= 4 is 51.4 Å². The van der Waals surface area contributed by atoms with Gasteiger partial charge in [-0.3, -0.25) is 4.79 Å². The zero-order chi connectivity index (χ0) is 14.7. The molecule has 0 bridgehead atoms. The Morgan fingerprint density at radius 1 is 1.20 bits per heavy atom. The van der Waals surface area contributed by atoms with Crippen LogP contribution in [0.1, 0.15) is 15.9 Å². The van der Waals surface area contributed by atoms with Crippen molar-refractivity contribution in [3.63, 3.8) is 0 Å². The highest BCUT2D eigenvalue weighted by molar-refractivity contribution is 14.1. The molecule has 102 valence electrons. The molecule has 2 rings (SSSR count). The minimum atomic E-state index is -0.557. The second kappa shape index (κ2) is 6.27. The highest BCUT2D eigenvalue weighted by Crippen LogP contribution is 2.21. The minimum Gasteiger partial charge on any atom is -0.389 e. The van der Waals surface area contributed by atoms with Gasteiger partial charge in [0.25, 0.3) is 5.91 Å². The van der Waals surface area contributed by atoms with Crippen molar-refractivity contribution < 1.29 is 9.18 Å². The summed E-state index contributed by atoms with van der Waals surface area (Å²) >= 11 is 6.88. The lowest BCUT2D eigenvalue weighted by molar-refractivity contribution is 0.102. The van der Waals surface area contributed by atoms with E-state index in [1.807, 2.05) is 12.1 Å². The number of anilines is 1. The summed E-state index contributed by atoms with van der Waals surface area (Å²) < 4.78 is 14.5. The summed E-state index contributed by atoms with van der Waals surface area (Å²) in [5.74, 6) is -0.892. The molecule has 0 saturated carbocycles. The number of thiocarbonyl (C=S) groups is 1. The fourth-order valence-electron chi connectivity index (χ4n) is 1.71. The summed E-state index contributed by atoms with van der Waals surface area (Å²) in [6.45, 7) is 0. The van der Waals surface area contributed by atoms with Crippen LogP contribution in [-0.2, 0) is 0 Å². The maximum absolute atomic E-state index is 13.7. The molecule has 0 heterocycles. The predicted octanol–water partition coefficient (Wildman–Crippen LogP) is 3.32. The Morgan fingerprint density at radius 3 is 2.55 bits per heavy atom. The van der Waals surface area contributed by atoms with Crippen LogP contribution < -0.4 is 11.1 Å². The Morgan fingerprint density at radius 2 is 1.90 bits per heavy atom. The van der Waals surface area contributed by atoms with Crippen molar-refractivity contribution in [1.29, 1.82) is 0 Å². The molecule has 3 N–H and O–H groups in total. The second-order valence-electron chi connectivity index (χ2n) is 3.96. The molecule has 0 aliphatic rings. The molecule has 0 aromatic heterocycles. The van der Waals surface area contributed by atoms with Gasteiger partial charge in [0.1, 0.15) is 10.8 Å². The summed E-state index contributed by atoms with van der Waals surface area (Å²) in [6.07, 6.45) is 0. The third kappa shape index (κ3) is 3.13. The molecular weight excluding hydrogens is 390 g/mol. The largest absolute Gasteiger partial charge is 0.389 e. The van der Waals surface area contributed by atoms with E-state index in [1.54, 1.807) is 18.2 Å². The zero-order valence-electron chi connectivity index (χ0n) is 10.2. The van der Waals surface area contributed by atoms with E-state index in [1.165, 1.54) is 12.1 Å². The average Bonchev–Trinajstić information content (AvgIpc) is 2.38. The van der Waals surface area contributed by atoms with Crippen LogP contribution in [0.25, 0.3) is 0 Å². The van der Waals surface area contributed by atoms with E-state index >= 15 is 0 Å². The van der Waals surface area contributed by atoms with Crippen molar-refractivity contribution in [1.82, 2.24) is 0 Å². The number of carbonyl (C=O) groups is 1. The van der Waals surface area contributed by atoms with E-state index < -0.39 is 5.82 Å². The molecule has 0 unspecified atom stereocenters. The number of hydrogen-bond donors (Lipinski definition) is 2. The van der Waals surface area contributed by atoms with Gasteiger partial charge in [0.05, 0.1) is 16.8 Å². The molecule has 1 amide bonds. The Bertz CT molecular complexity index is 691. The van der Waals surface area contributed by atoms with Crippen LogP contribution >= 0.6 is 34.8 Å². The summed E-state index contributed by atoms with van der Waals surface area (Å²) in [6, 6.07) is 11.4. The van der Waals surface area contributed by atoms with Crippen LogP contribution in [0.5, 0.6) is 0 Å². The molecule has 0 saturated heterocycles. The number of hydrogen-bond acceptors (Lipinski definition) is 2. The first-order valence-corrected chi connectivity index (χ1v) is 7.13. The van der Waals surface area contributed by atoms with Gasteiger partial charge >= 0.3 is 0 Å². The molecule has 2 aromatic carbocycles. The van der Waals surface area contributed by atoms with Gasteiger partial charge in [-0.15, -0.1) is 0 Å². The SMILES string of the molecule is NC(=S)c1c(F)cccc1NC(=O)c1ccccc1I. The summed E-state index contributed by atoms with van der Waals surface area (Å²) in [4.78, 5) is 12.1.